The van der Waals surface area contributed by atoms with Crippen LogP contribution in [-0.4, -0.2) is 16.1 Å². The quantitative estimate of drug-likeness (QED) is 0.405. The summed E-state index contributed by atoms with van der Waals surface area (Å²) in [5, 5.41) is 5.23. The summed E-state index contributed by atoms with van der Waals surface area (Å²) in [4.78, 5) is 15.3. The van der Waals surface area contributed by atoms with Gasteiger partial charge in [0.25, 0.3) is 5.91 Å². The maximum absolute atomic E-state index is 14.3. The molecule has 7 nitrogen and oxygen atoms in total. The molecular weight excluding hydrogens is 378 g/mol. The van der Waals surface area contributed by atoms with Crippen LogP contribution in [0.5, 0.6) is 11.5 Å². The van der Waals surface area contributed by atoms with Gasteiger partial charge in [0.05, 0.1) is 4.90 Å². The molecule has 1 amide bonds. The fraction of sp³-hybridized carbons (Fsp3) is 0.0588. The predicted octanol–water partition coefficient (Wildman–Crippen LogP) is 1.94. The monoisotopic (exact) mass is 394 g/mol. The zero-order chi connectivity index (χ0) is 20.1. The van der Waals surface area contributed by atoms with Crippen LogP contribution < -0.4 is 21.3 Å². The Balaban J connectivity index is 2.27. The van der Waals surface area contributed by atoms with Gasteiger partial charge in [-0.1, -0.05) is 0 Å². The van der Waals surface area contributed by atoms with Crippen LogP contribution in [0.4, 0.5) is 8.78 Å². The zero-order valence-electron chi connectivity index (χ0n) is 14.1. The summed E-state index contributed by atoms with van der Waals surface area (Å²) < 4.78 is 44.8. The maximum Gasteiger partial charge on any atom is 0.275 e. The van der Waals surface area contributed by atoms with E-state index in [0.29, 0.717) is 4.90 Å². The van der Waals surface area contributed by atoms with E-state index in [9.17, 15) is 17.8 Å². The second kappa shape index (κ2) is 8.52. The highest BCUT2D eigenvalue weighted by molar-refractivity contribution is 7.82. The number of aliphatic imine (C=N–C) groups is 1. The fourth-order valence-corrected chi connectivity index (χ4v) is 2.44. The van der Waals surface area contributed by atoms with Crippen molar-refractivity contribution in [3.8, 4) is 11.5 Å². The fourth-order valence-electron chi connectivity index (χ4n) is 2.04. The maximum atomic E-state index is 14.3. The Labute approximate surface area is 156 Å². The van der Waals surface area contributed by atoms with Gasteiger partial charge in [0.2, 0.25) is 0 Å². The third-order valence-corrected chi connectivity index (χ3v) is 3.98. The number of guanidine groups is 1. The van der Waals surface area contributed by atoms with Crippen molar-refractivity contribution in [1.82, 2.24) is 0 Å². The largest absolute Gasteiger partial charge is 0.451 e. The number of nitrogens with two attached hydrogens (primary N) is 3. The summed E-state index contributed by atoms with van der Waals surface area (Å²) in [6, 6.07) is 7.58. The Morgan fingerprint density at radius 2 is 1.70 bits per heavy atom. The summed E-state index contributed by atoms with van der Waals surface area (Å²) in [6.45, 7) is 1.40. The molecule has 0 aliphatic rings. The number of benzene rings is 2. The molecule has 2 rings (SSSR count). The molecule has 0 saturated heterocycles. The van der Waals surface area contributed by atoms with Crippen LogP contribution in [0.3, 0.4) is 0 Å². The van der Waals surface area contributed by atoms with E-state index in [-0.39, 0.29) is 16.9 Å². The molecule has 1 atom stereocenters. The number of amides is 1. The number of hydrogen-bond donors (Lipinski definition) is 3. The molecule has 142 valence electrons. The highest BCUT2D eigenvalue weighted by atomic mass is 32.2. The number of carbonyl (C=O) groups is 1. The summed E-state index contributed by atoms with van der Waals surface area (Å²) >= 11 is 0. The number of halogens is 2. The summed E-state index contributed by atoms with van der Waals surface area (Å²) in [5.74, 6) is -3.59. The third kappa shape index (κ3) is 5.43. The number of ether oxygens (including phenoxy) is 1. The molecule has 2 aromatic carbocycles. The van der Waals surface area contributed by atoms with Crippen LogP contribution >= 0.6 is 0 Å². The SMILES string of the molecule is C/C(=C\c1cc(F)c(Oc2ccc(S(N)=O)cc2)c(F)c1)C(=O)N=C(N)N. The van der Waals surface area contributed by atoms with Gasteiger partial charge in [-0.2, -0.15) is 4.99 Å². The molecule has 0 bridgehead atoms. The number of carbonyl (C=O) groups excluding carboxylic acids is 1. The van der Waals surface area contributed by atoms with Gasteiger partial charge >= 0.3 is 0 Å². The van der Waals surface area contributed by atoms with E-state index < -0.39 is 40.2 Å². The van der Waals surface area contributed by atoms with Gasteiger partial charge < -0.3 is 16.2 Å². The molecule has 0 aliphatic carbocycles. The second-order valence-electron chi connectivity index (χ2n) is 5.35. The van der Waals surface area contributed by atoms with Gasteiger partial charge in [-0.05, 0) is 55.0 Å². The predicted molar refractivity (Wildman–Crippen MR) is 97.9 cm³/mol. The molecular formula is C17H16F2N4O3S. The minimum atomic E-state index is -1.67. The van der Waals surface area contributed by atoms with E-state index in [1.807, 2.05) is 0 Å². The van der Waals surface area contributed by atoms with Crippen molar-refractivity contribution >= 4 is 28.9 Å². The minimum absolute atomic E-state index is 0.0845. The summed E-state index contributed by atoms with van der Waals surface area (Å²) in [5.41, 5.74) is 10.4. The smallest absolute Gasteiger partial charge is 0.275 e. The first kappa shape index (κ1) is 20.2. The first-order valence-corrected chi connectivity index (χ1v) is 8.64. The minimum Gasteiger partial charge on any atom is -0.451 e. The van der Waals surface area contributed by atoms with Crippen molar-refractivity contribution in [3.63, 3.8) is 0 Å². The lowest BCUT2D eigenvalue weighted by molar-refractivity contribution is -0.114. The van der Waals surface area contributed by atoms with Gasteiger partial charge in [0, 0.05) is 5.57 Å². The zero-order valence-corrected chi connectivity index (χ0v) is 14.9. The standard InChI is InChI=1S/C17H16F2N4O3S/c1-9(16(24)23-17(20)21)6-10-7-13(18)15(14(19)8-10)26-11-2-4-12(5-3-11)27(22)25/h2-8H,22H2,1H3,(H4,20,21,23,24)/b9-6+. The highest BCUT2D eigenvalue weighted by Gasteiger charge is 2.14. The molecule has 27 heavy (non-hydrogen) atoms. The third-order valence-electron chi connectivity index (χ3n) is 3.25. The Morgan fingerprint density at radius 3 is 2.19 bits per heavy atom. The molecule has 2 aromatic rings. The van der Waals surface area contributed by atoms with Crippen molar-refractivity contribution in [2.75, 3.05) is 0 Å². The Bertz CT molecular complexity index is 932. The number of hydrogen-bond acceptors (Lipinski definition) is 3. The van der Waals surface area contributed by atoms with Gasteiger partial charge in [0.15, 0.2) is 23.3 Å². The Morgan fingerprint density at radius 1 is 1.15 bits per heavy atom. The van der Waals surface area contributed by atoms with Crippen molar-refractivity contribution in [3.05, 3.63) is 59.2 Å². The van der Waals surface area contributed by atoms with Crippen molar-refractivity contribution in [1.29, 1.82) is 0 Å². The lowest BCUT2D eigenvalue weighted by Gasteiger charge is -2.09. The van der Waals surface area contributed by atoms with Crippen LogP contribution in [-0.2, 0) is 15.8 Å². The normalized spacial score (nSPS) is 12.4. The average Bonchev–Trinajstić information content (AvgIpc) is 2.58. The van der Waals surface area contributed by atoms with Crippen LogP contribution in [0.1, 0.15) is 12.5 Å². The highest BCUT2D eigenvalue weighted by Crippen LogP contribution is 2.29. The van der Waals surface area contributed by atoms with E-state index in [0.717, 1.165) is 12.1 Å². The molecule has 10 heteroatoms. The number of nitrogens with zero attached hydrogens (tertiary/aromatic N) is 1. The number of rotatable bonds is 5. The molecule has 0 spiro atoms. The molecule has 0 heterocycles. The molecule has 6 N–H and O–H groups in total. The first-order valence-electron chi connectivity index (χ1n) is 7.42. The Kier molecular flexibility index (Phi) is 6.37. The van der Waals surface area contributed by atoms with Gasteiger partial charge in [-0.15, -0.1) is 0 Å². The van der Waals surface area contributed by atoms with E-state index in [4.69, 9.17) is 21.3 Å². The molecule has 1 unspecified atom stereocenters. The summed E-state index contributed by atoms with van der Waals surface area (Å²) in [7, 11) is -1.67. The van der Waals surface area contributed by atoms with Crippen molar-refractivity contribution < 1.29 is 22.5 Å². The molecule has 0 saturated carbocycles. The van der Waals surface area contributed by atoms with E-state index in [1.165, 1.54) is 37.3 Å². The van der Waals surface area contributed by atoms with Crippen molar-refractivity contribution in [2.24, 2.45) is 21.6 Å². The molecule has 0 fully saturated rings. The van der Waals surface area contributed by atoms with Crippen molar-refractivity contribution in [2.45, 2.75) is 11.8 Å². The van der Waals surface area contributed by atoms with E-state index >= 15 is 0 Å². The van der Waals surface area contributed by atoms with Crippen LogP contribution in [0.15, 0.2) is 51.9 Å². The topological polar surface area (TPSA) is 134 Å². The van der Waals surface area contributed by atoms with Gasteiger partial charge in [0.1, 0.15) is 16.7 Å². The molecule has 0 radical (unpaired) electrons. The lowest BCUT2D eigenvalue weighted by Crippen LogP contribution is -2.24. The van der Waals surface area contributed by atoms with Crippen LogP contribution in [0.2, 0.25) is 0 Å². The first-order chi connectivity index (χ1) is 12.7. The molecule has 0 aliphatic heterocycles. The van der Waals surface area contributed by atoms with Gasteiger partial charge in [-0.25, -0.2) is 18.1 Å². The second-order valence-corrected chi connectivity index (χ2v) is 6.42. The molecule has 0 aromatic heterocycles. The summed E-state index contributed by atoms with van der Waals surface area (Å²) in [6.07, 6.45) is 1.23. The van der Waals surface area contributed by atoms with E-state index in [1.54, 1.807) is 0 Å². The Hall–Kier alpha value is -3.11. The lowest BCUT2D eigenvalue weighted by atomic mass is 10.1. The average molecular weight is 394 g/mol. The van der Waals surface area contributed by atoms with E-state index in [2.05, 4.69) is 4.99 Å². The van der Waals surface area contributed by atoms with Crippen LogP contribution in [0, 0.1) is 11.6 Å². The van der Waals surface area contributed by atoms with Crippen LogP contribution in [0.25, 0.3) is 6.08 Å². The van der Waals surface area contributed by atoms with Gasteiger partial charge in [-0.3, -0.25) is 4.79 Å².